The van der Waals surface area contributed by atoms with Gasteiger partial charge in [0, 0.05) is 37.4 Å². The highest BCUT2D eigenvalue weighted by Crippen LogP contribution is 2.40. The Labute approximate surface area is 151 Å². The van der Waals surface area contributed by atoms with Gasteiger partial charge in [0.15, 0.2) is 11.5 Å². The number of aryl methyl sites for hydroxylation is 1. The molecule has 4 rings (SSSR count). The molecule has 130 valence electrons. The van der Waals surface area contributed by atoms with Crippen LogP contribution in [0.1, 0.15) is 15.9 Å². The number of nitrogens with zero attached hydrogens (tertiary/aromatic N) is 2. The number of carbonyl (C=O) groups excluding carboxylic acids is 1. The SMILES string of the molecule is Cc1ccccc1N1CCN(C(=O)c2cc(Cl)c3c(c2)OCO3)CC1. The van der Waals surface area contributed by atoms with Crippen LogP contribution in [0.5, 0.6) is 11.5 Å². The predicted molar refractivity (Wildman–Crippen MR) is 96.9 cm³/mol. The first-order chi connectivity index (χ1) is 12.1. The fourth-order valence-electron chi connectivity index (χ4n) is 3.34. The van der Waals surface area contributed by atoms with Gasteiger partial charge in [-0.15, -0.1) is 0 Å². The van der Waals surface area contributed by atoms with Crippen molar-refractivity contribution >= 4 is 23.2 Å². The van der Waals surface area contributed by atoms with Gasteiger partial charge < -0.3 is 19.3 Å². The molecule has 2 aromatic rings. The number of fused-ring (bicyclic) bond motifs is 1. The van der Waals surface area contributed by atoms with Gasteiger partial charge in [0.25, 0.3) is 5.91 Å². The number of piperazine rings is 1. The number of amides is 1. The molecule has 2 heterocycles. The maximum atomic E-state index is 12.8. The van der Waals surface area contributed by atoms with Crippen LogP contribution in [0.15, 0.2) is 36.4 Å². The Morgan fingerprint density at radius 2 is 1.84 bits per heavy atom. The summed E-state index contributed by atoms with van der Waals surface area (Å²) in [4.78, 5) is 17.0. The lowest BCUT2D eigenvalue weighted by molar-refractivity contribution is 0.0746. The third-order valence-corrected chi connectivity index (χ3v) is 4.98. The maximum absolute atomic E-state index is 12.8. The van der Waals surface area contributed by atoms with E-state index in [9.17, 15) is 4.79 Å². The van der Waals surface area contributed by atoms with Crippen molar-refractivity contribution in [2.45, 2.75) is 6.92 Å². The minimum Gasteiger partial charge on any atom is -0.454 e. The molecule has 0 bridgehead atoms. The quantitative estimate of drug-likeness (QED) is 0.825. The largest absolute Gasteiger partial charge is 0.454 e. The zero-order valence-corrected chi connectivity index (χ0v) is 14.8. The highest BCUT2D eigenvalue weighted by molar-refractivity contribution is 6.32. The topological polar surface area (TPSA) is 42.0 Å². The summed E-state index contributed by atoms with van der Waals surface area (Å²) in [6.45, 7) is 5.24. The number of anilines is 1. The lowest BCUT2D eigenvalue weighted by atomic mass is 10.1. The molecule has 25 heavy (non-hydrogen) atoms. The van der Waals surface area contributed by atoms with Crippen LogP contribution >= 0.6 is 11.6 Å². The van der Waals surface area contributed by atoms with Crippen LogP contribution in [0, 0.1) is 6.92 Å². The smallest absolute Gasteiger partial charge is 0.254 e. The number of ether oxygens (including phenoxy) is 2. The van der Waals surface area contributed by atoms with Crippen LogP contribution in [0.2, 0.25) is 5.02 Å². The van der Waals surface area contributed by atoms with Crippen molar-refractivity contribution in [1.82, 2.24) is 4.90 Å². The first-order valence-electron chi connectivity index (χ1n) is 8.32. The third kappa shape index (κ3) is 3.00. The van der Waals surface area contributed by atoms with Crippen LogP contribution in [-0.4, -0.2) is 43.8 Å². The fraction of sp³-hybridized carbons (Fsp3) is 0.316. The Kier molecular flexibility index (Phi) is 4.17. The van der Waals surface area contributed by atoms with Crippen LogP contribution in [0.25, 0.3) is 0 Å². The van der Waals surface area contributed by atoms with Gasteiger partial charge in [-0.2, -0.15) is 0 Å². The van der Waals surface area contributed by atoms with E-state index in [2.05, 4.69) is 30.0 Å². The first-order valence-corrected chi connectivity index (χ1v) is 8.70. The summed E-state index contributed by atoms with van der Waals surface area (Å²) in [5, 5.41) is 0.414. The van der Waals surface area contributed by atoms with Gasteiger partial charge in [-0.25, -0.2) is 0 Å². The average molecular weight is 359 g/mol. The summed E-state index contributed by atoms with van der Waals surface area (Å²) in [6.07, 6.45) is 0. The Bertz CT molecular complexity index is 816. The molecule has 0 N–H and O–H groups in total. The molecular formula is C19H19ClN2O3. The molecule has 2 aromatic carbocycles. The molecule has 0 radical (unpaired) electrons. The van der Waals surface area contributed by atoms with Crippen molar-refractivity contribution in [3.8, 4) is 11.5 Å². The van der Waals surface area contributed by atoms with Crippen molar-refractivity contribution in [3.63, 3.8) is 0 Å². The number of hydrogen-bond acceptors (Lipinski definition) is 4. The lowest BCUT2D eigenvalue weighted by Gasteiger charge is -2.36. The number of hydrogen-bond donors (Lipinski definition) is 0. The van der Waals surface area contributed by atoms with E-state index in [0.717, 1.165) is 13.1 Å². The van der Waals surface area contributed by atoms with Crippen LogP contribution in [0.4, 0.5) is 5.69 Å². The standard InChI is InChI=1S/C19H19ClN2O3/c1-13-4-2-3-5-16(13)21-6-8-22(9-7-21)19(23)14-10-15(20)18-17(11-14)24-12-25-18/h2-5,10-11H,6-9,12H2,1H3. The highest BCUT2D eigenvalue weighted by Gasteiger charge is 2.26. The molecule has 0 saturated carbocycles. The van der Waals surface area contributed by atoms with Gasteiger partial charge in [-0.1, -0.05) is 29.8 Å². The number of carbonyl (C=O) groups is 1. The van der Waals surface area contributed by atoms with Crippen molar-refractivity contribution in [1.29, 1.82) is 0 Å². The number of halogens is 1. The van der Waals surface area contributed by atoms with E-state index in [4.69, 9.17) is 21.1 Å². The van der Waals surface area contributed by atoms with Gasteiger partial charge in [0.2, 0.25) is 6.79 Å². The van der Waals surface area contributed by atoms with Gasteiger partial charge in [-0.3, -0.25) is 4.79 Å². The minimum absolute atomic E-state index is 0.0235. The zero-order valence-electron chi connectivity index (χ0n) is 14.0. The second-order valence-corrected chi connectivity index (χ2v) is 6.66. The molecule has 0 atom stereocenters. The molecule has 2 aliphatic rings. The molecule has 6 heteroatoms. The summed E-state index contributed by atoms with van der Waals surface area (Å²) in [5.41, 5.74) is 3.03. The molecule has 2 aliphatic heterocycles. The van der Waals surface area contributed by atoms with Crippen LogP contribution in [-0.2, 0) is 0 Å². The monoisotopic (exact) mass is 358 g/mol. The molecule has 1 amide bonds. The normalized spacial score (nSPS) is 16.2. The second-order valence-electron chi connectivity index (χ2n) is 6.26. The van der Waals surface area contributed by atoms with Crippen LogP contribution < -0.4 is 14.4 Å². The Morgan fingerprint density at radius 1 is 1.08 bits per heavy atom. The van der Waals surface area contributed by atoms with Gasteiger partial charge in [-0.05, 0) is 30.7 Å². The summed E-state index contributed by atoms with van der Waals surface area (Å²) in [6, 6.07) is 11.7. The predicted octanol–water partition coefficient (Wildman–Crippen LogP) is 3.34. The molecule has 5 nitrogen and oxygen atoms in total. The van der Waals surface area contributed by atoms with E-state index in [0.29, 0.717) is 35.2 Å². The Morgan fingerprint density at radius 3 is 2.60 bits per heavy atom. The van der Waals surface area contributed by atoms with E-state index in [-0.39, 0.29) is 12.7 Å². The molecule has 0 aromatic heterocycles. The number of benzene rings is 2. The first kappa shape index (κ1) is 16.1. The molecule has 0 unspecified atom stereocenters. The summed E-state index contributed by atoms with van der Waals surface area (Å²) in [5.74, 6) is 1.03. The third-order valence-electron chi connectivity index (χ3n) is 4.70. The second kappa shape index (κ2) is 6.48. The van der Waals surface area contributed by atoms with E-state index in [1.165, 1.54) is 11.3 Å². The molecular weight excluding hydrogens is 340 g/mol. The van der Waals surface area contributed by atoms with E-state index in [1.54, 1.807) is 12.1 Å². The van der Waals surface area contributed by atoms with Gasteiger partial charge in [0.05, 0.1) is 5.02 Å². The summed E-state index contributed by atoms with van der Waals surface area (Å²) < 4.78 is 10.7. The summed E-state index contributed by atoms with van der Waals surface area (Å²) >= 11 is 6.19. The molecule has 0 aliphatic carbocycles. The molecule has 0 spiro atoms. The van der Waals surface area contributed by atoms with Crippen molar-refractivity contribution in [3.05, 3.63) is 52.5 Å². The summed E-state index contributed by atoms with van der Waals surface area (Å²) in [7, 11) is 0. The van der Waals surface area contributed by atoms with Gasteiger partial charge >= 0.3 is 0 Å². The highest BCUT2D eigenvalue weighted by atomic mass is 35.5. The van der Waals surface area contributed by atoms with E-state index in [1.807, 2.05) is 11.0 Å². The van der Waals surface area contributed by atoms with E-state index >= 15 is 0 Å². The number of rotatable bonds is 2. The lowest BCUT2D eigenvalue weighted by Crippen LogP contribution is -2.49. The van der Waals surface area contributed by atoms with E-state index < -0.39 is 0 Å². The zero-order chi connectivity index (χ0) is 17.4. The van der Waals surface area contributed by atoms with Crippen molar-refractivity contribution in [2.24, 2.45) is 0 Å². The van der Waals surface area contributed by atoms with Crippen molar-refractivity contribution < 1.29 is 14.3 Å². The average Bonchev–Trinajstić information content (AvgIpc) is 3.11. The minimum atomic E-state index is -0.0235. The number of para-hydroxylation sites is 1. The fourth-order valence-corrected chi connectivity index (χ4v) is 3.61. The maximum Gasteiger partial charge on any atom is 0.254 e. The van der Waals surface area contributed by atoms with Crippen LogP contribution in [0.3, 0.4) is 0 Å². The van der Waals surface area contributed by atoms with Gasteiger partial charge in [0.1, 0.15) is 0 Å². The molecule has 1 saturated heterocycles. The Balaban J connectivity index is 1.47. The van der Waals surface area contributed by atoms with Crippen molar-refractivity contribution in [2.75, 3.05) is 37.9 Å². The Hall–Kier alpha value is -2.40. The molecule has 1 fully saturated rings.